The highest BCUT2D eigenvalue weighted by molar-refractivity contribution is 6.36. The van der Waals surface area contributed by atoms with Crippen LogP contribution in [0, 0.1) is 0 Å². The smallest absolute Gasteiger partial charge is 0.283 e. The Bertz CT molecular complexity index is 793. The molecule has 6 nitrogen and oxygen atoms in total. The number of fused-ring (bicyclic) bond motifs is 1. The van der Waals surface area contributed by atoms with Gasteiger partial charge in [0.05, 0.1) is 6.42 Å². The minimum atomic E-state index is -0.862. The molecule has 0 radical (unpaired) electrons. The first-order valence-electron chi connectivity index (χ1n) is 7.44. The minimum Gasteiger partial charge on any atom is -0.485 e. The molecular weight excluding hydrogens is 367 g/mol. The quantitative estimate of drug-likeness (QED) is 0.802. The van der Waals surface area contributed by atoms with E-state index in [1.54, 1.807) is 36.4 Å². The number of benzene rings is 2. The summed E-state index contributed by atoms with van der Waals surface area (Å²) in [5.41, 5.74) is 5.12. The van der Waals surface area contributed by atoms with Crippen LogP contribution in [0.25, 0.3) is 0 Å². The summed E-state index contributed by atoms with van der Waals surface area (Å²) in [4.78, 5) is 24.1. The number of ether oxygens (including phenoxy) is 2. The lowest BCUT2D eigenvalue weighted by molar-refractivity contribution is -0.134. The number of carbonyl (C=O) groups excluding carboxylic acids is 2. The van der Waals surface area contributed by atoms with Crippen molar-refractivity contribution in [2.24, 2.45) is 0 Å². The topological polar surface area (TPSA) is 76.7 Å². The maximum atomic E-state index is 12.1. The van der Waals surface area contributed by atoms with Crippen molar-refractivity contribution >= 4 is 35.0 Å². The molecule has 25 heavy (non-hydrogen) atoms. The zero-order chi connectivity index (χ0) is 17.8. The van der Waals surface area contributed by atoms with Crippen molar-refractivity contribution in [1.82, 2.24) is 10.9 Å². The summed E-state index contributed by atoms with van der Waals surface area (Å²) in [7, 11) is 0. The van der Waals surface area contributed by atoms with Crippen molar-refractivity contribution in [1.29, 1.82) is 0 Å². The second-order valence-corrected chi connectivity index (χ2v) is 6.09. The van der Waals surface area contributed by atoms with Crippen molar-refractivity contribution in [2.45, 2.75) is 12.5 Å². The molecule has 0 aromatic heterocycles. The summed E-state index contributed by atoms with van der Waals surface area (Å²) in [5, 5.41) is 0.768. The van der Waals surface area contributed by atoms with Crippen LogP contribution in [0.4, 0.5) is 0 Å². The standard InChI is InChI=1S/C17H14Cl2N2O4/c18-11-4-3-5-12(19)10(11)8-16(22)20-21-17(23)15-9-24-13-6-1-2-7-14(13)25-15/h1-7,15H,8-9H2,(H,20,22)(H,21,23). The predicted octanol–water partition coefficient (Wildman–Crippen LogP) is 2.52. The van der Waals surface area contributed by atoms with Crippen LogP contribution in [-0.4, -0.2) is 24.5 Å². The van der Waals surface area contributed by atoms with Gasteiger partial charge in [-0.25, -0.2) is 0 Å². The fourth-order valence-electron chi connectivity index (χ4n) is 2.27. The Labute approximate surface area is 154 Å². The average Bonchev–Trinajstić information content (AvgIpc) is 2.62. The number of nitrogens with one attached hydrogen (secondary N) is 2. The van der Waals surface area contributed by atoms with E-state index in [1.807, 2.05) is 6.07 Å². The molecule has 8 heteroatoms. The Kier molecular flexibility index (Phi) is 5.31. The van der Waals surface area contributed by atoms with Crippen LogP contribution in [0.2, 0.25) is 10.0 Å². The molecule has 1 heterocycles. The molecule has 1 unspecified atom stereocenters. The maximum Gasteiger partial charge on any atom is 0.283 e. The lowest BCUT2D eigenvalue weighted by atomic mass is 10.1. The van der Waals surface area contributed by atoms with Crippen molar-refractivity contribution in [3.8, 4) is 11.5 Å². The van der Waals surface area contributed by atoms with Gasteiger partial charge in [-0.15, -0.1) is 0 Å². The summed E-state index contributed by atoms with van der Waals surface area (Å²) >= 11 is 12.0. The average molecular weight is 381 g/mol. The number of hydrogen-bond acceptors (Lipinski definition) is 4. The molecule has 0 saturated heterocycles. The van der Waals surface area contributed by atoms with Crippen LogP contribution < -0.4 is 20.3 Å². The third kappa shape index (κ3) is 4.15. The maximum absolute atomic E-state index is 12.1. The van der Waals surface area contributed by atoms with Gasteiger partial charge in [-0.3, -0.25) is 20.4 Å². The van der Waals surface area contributed by atoms with Gasteiger partial charge in [-0.05, 0) is 29.8 Å². The molecule has 3 rings (SSSR count). The van der Waals surface area contributed by atoms with Gasteiger partial charge in [0.25, 0.3) is 5.91 Å². The van der Waals surface area contributed by atoms with E-state index in [1.165, 1.54) is 0 Å². The molecule has 1 aliphatic rings. The van der Waals surface area contributed by atoms with Crippen molar-refractivity contribution in [3.63, 3.8) is 0 Å². The zero-order valence-electron chi connectivity index (χ0n) is 12.9. The second-order valence-electron chi connectivity index (χ2n) is 5.28. The Morgan fingerprint density at radius 2 is 1.68 bits per heavy atom. The Hall–Kier alpha value is -2.44. The summed E-state index contributed by atoms with van der Waals surface area (Å²) in [6.07, 6.45) is -0.928. The van der Waals surface area contributed by atoms with E-state index in [-0.39, 0.29) is 13.0 Å². The highest BCUT2D eigenvalue weighted by Gasteiger charge is 2.27. The molecule has 0 aliphatic carbocycles. The molecule has 1 atom stereocenters. The summed E-state index contributed by atoms with van der Waals surface area (Å²) in [5.74, 6) is 0.0700. The number of rotatable bonds is 3. The van der Waals surface area contributed by atoms with Gasteiger partial charge >= 0.3 is 0 Å². The van der Waals surface area contributed by atoms with Gasteiger partial charge in [-0.1, -0.05) is 41.4 Å². The van der Waals surface area contributed by atoms with Gasteiger partial charge in [-0.2, -0.15) is 0 Å². The van der Waals surface area contributed by atoms with Gasteiger partial charge in [0.2, 0.25) is 12.0 Å². The van der Waals surface area contributed by atoms with Crippen molar-refractivity contribution < 1.29 is 19.1 Å². The third-order valence-corrected chi connectivity index (χ3v) is 4.23. The fraction of sp³-hybridized carbons (Fsp3) is 0.176. The lowest BCUT2D eigenvalue weighted by Crippen LogP contribution is -2.51. The first-order valence-corrected chi connectivity index (χ1v) is 8.20. The first-order chi connectivity index (χ1) is 12.0. The SMILES string of the molecule is O=C(Cc1c(Cl)cccc1Cl)NNC(=O)C1COc2ccccc2O1. The number of hydrogen-bond donors (Lipinski definition) is 2. The molecule has 2 aromatic carbocycles. The van der Waals surface area contributed by atoms with E-state index in [4.69, 9.17) is 32.7 Å². The fourth-order valence-corrected chi connectivity index (χ4v) is 2.80. The predicted molar refractivity (Wildman–Crippen MR) is 92.8 cm³/mol. The van der Waals surface area contributed by atoms with Crippen LogP contribution >= 0.6 is 23.2 Å². The minimum absolute atomic E-state index is 0.0507. The van der Waals surface area contributed by atoms with Crippen molar-refractivity contribution in [3.05, 3.63) is 58.1 Å². The Balaban J connectivity index is 1.53. The molecule has 0 fully saturated rings. The molecule has 0 bridgehead atoms. The number of halogens is 2. The highest BCUT2D eigenvalue weighted by atomic mass is 35.5. The van der Waals surface area contributed by atoms with E-state index in [0.29, 0.717) is 27.1 Å². The molecule has 1 aliphatic heterocycles. The Morgan fingerprint density at radius 3 is 2.40 bits per heavy atom. The normalized spacial score (nSPS) is 15.4. The second kappa shape index (κ2) is 7.63. The zero-order valence-corrected chi connectivity index (χ0v) is 14.4. The van der Waals surface area contributed by atoms with Crippen LogP contribution in [-0.2, 0) is 16.0 Å². The van der Waals surface area contributed by atoms with Crippen molar-refractivity contribution in [2.75, 3.05) is 6.61 Å². The molecule has 0 spiro atoms. The molecule has 2 amide bonds. The van der Waals surface area contributed by atoms with Gasteiger partial charge < -0.3 is 9.47 Å². The van der Waals surface area contributed by atoms with Crippen LogP contribution in [0.1, 0.15) is 5.56 Å². The van der Waals surface area contributed by atoms with Crippen LogP contribution in [0.5, 0.6) is 11.5 Å². The van der Waals surface area contributed by atoms with E-state index in [0.717, 1.165) is 0 Å². The number of amides is 2. The molecular formula is C17H14Cl2N2O4. The molecule has 2 N–H and O–H groups in total. The number of para-hydroxylation sites is 2. The third-order valence-electron chi connectivity index (χ3n) is 3.53. The molecule has 130 valence electrons. The Morgan fingerprint density at radius 1 is 1.00 bits per heavy atom. The first kappa shape index (κ1) is 17.4. The van der Waals surface area contributed by atoms with Crippen LogP contribution in [0.15, 0.2) is 42.5 Å². The highest BCUT2D eigenvalue weighted by Crippen LogP contribution is 2.30. The summed E-state index contributed by atoms with van der Waals surface area (Å²) < 4.78 is 11.0. The van der Waals surface area contributed by atoms with E-state index in [9.17, 15) is 9.59 Å². The number of hydrazine groups is 1. The summed E-state index contributed by atoms with van der Waals surface area (Å²) in [6, 6.07) is 12.0. The van der Waals surface area contributed by atoms with E-state index < -0.39 is 17.9 Å². The number of carbonyl (C=O) groups is 2. The molecule has 2 aromatic rings. The van der Waals surface area contributed by atoms with Gasteiger partial charge in [0.1, 0.15) is 6.61 Å². The lowest BCUT2D eigenvalue weighted by Gasteiger charge is -2.25. The largest absolute Gasteiger partial charge is 0.485 e. The monoisotopic (exact) mass is 380 g/mol. The molecule has 0 saturated carbocycles. The van der Waals surface area contributed by atoms with E-state index in [2.05, 4.69) is 10.9 Å². The van der Waals surface area contributed by atoms with Gasteiger partial charge in [0, 0.05) is 10.0 Å². The van der Waals surface area contributed by atoms with Gasteiger partial charge in [0.15, 0.2) is 11.5 Å². The van der Waals surface area contributed by atoms with E-state index >= 15 is 0 Å². The summed E-state index contributed by atoms with van der Waals surface area (Å²) in [6.45, 7) is 0.0507. The van der Waals surface area contributed by atoms with Crippen LogP contribution in [0.3, 0.4) is 0 Å².